The first kappa shape index (κ1) is 21.7. The van der Waals surface area contributed by atoms with Crippen LogP contribution < -0.4 is 9.64 Å². The molecule has 166 valence electrons. The molecule has 32 heavy (non-hydrogen) atoms. The van der Waals surface area contributed by atoms with E-state index in [1.165, 1.54) is 0 Å². The van der Waals surface area contributed by atoms with Crippen molar-refractivity contribution in [3.8, 4) is 16.9 Å². The number of rotatable bonds is 6. The van der Waals surface area contributed by atoms with E-state index in [4.69, 9.17) is 9.72 Å². The highest BCUT2D eigenvalue weighted by Gasteiger charge is 2.33. The van der Waals surface area contributed by atoms with Gasteiger partial charge in [0.25, 0.3) is 0 Å². The van der Waals surface area contributed by atoms with Gasteiger partial charge in [-0.1, -0.05) is 12.1 Å². The lowest BCUT2D eigenvalue weighted by atomic mass is 10.00. The number of aryl methyl sites for hydroxylation is 1. The minimum atomic E-state index is -0.0771. The van der Waals surface area contributed by atoms with Gasteiger partial charge in [-0.05, 0) is 54.7 Å². The predicted octanol–water partition coefficient (Wildman–Crippen LogP) is 3.83. The van der Waals surface area contributed by atoms with E-state index in [2.05, 4.69) is 9.97 Å². The number of methoxy groups -OCH3 is 1. The van der Waals surface area contributed by atoms with Crippen molar-refractivity contribution in [1.82, 2.24) is 19.9 Å². The number of carbonyl (C=O) groups is 1. The zero-order valence-corrected chi connectivity index (χ0v) is 19.1. The average molecular weight is 432 g/mol. The molecule has 1 aliphatic rings. The third kappa shape index (κ3) is 4.42. The van der Waals surface area contributed by atoms with Crippen molar-refractivity contribution in [2.45, 2.75) is 32.2 Å². The van der Waals surface area contributed by atoms with Gasteiger partial charge in [0.15, 0.2) is 0 Å². The van der Waals surface area contributed by atoms with Crippen LogP contribution in [0.1, 0.15) is 35.7 Å². The maximum Gasteiger partial charge on any atom is 0.227 e. The Balaban J connectivity index is 1.66. The number of pyridine rings is 1. The number of anilines is 1. The molecule has 3 aromatic rings. The quantitative estimate of drug-likeness (QED) is 0.591. The molecule has 0 N–H and O–H groups in total. The normalized spacial score (nSPS) is 15.6. The fourth-order valence-corrected chi connectivity index (χ4v) is 4.28. The largest absolute Gasteiger partial charge is 0.496 e. The van der Waals surface area contributed by atoms with Crippen molar-refractivity contribution < 1.29 is 9.53 Å². The van der Waals surface area contributed by atoms with E-state index in [0.29, 0.717) is 12.4 Å². The Hall–Kier alpha value is -3.48. The molecule has 1 unspecified atom stereocenters. The summed E-state index contributed by atoms with van der Waals surface area (Å²) in [6.07, 6.45) is 7.59. The lowest BCUT2D eigenvalue weighted by molar-refractivity contribution is -0.131. The Morgan fingerprint density at radius 3 is 2.69 bits per heavy atom. The lowest BCUT2D eigenvalue weighted by Crippen LogP contribution is -2.33. The fourth-order valence-electron chi connectivity index (χ4n) is 4.28. The highest BCUT2D eigenvalue weighted by Crippen LogP contribution is 2.37. The third-order valence-corrected chi connectivity index (χ3v) is 5.90. The summed E-state index contributed by atoms with van der Waals surface area (Å²) in [7, 11) is 5.51. The Bertz CT molecular complexity index is 1100. The molecular formula is C25H29N5O2. The molecule has 0 spiro atoms. The number of benzene rings is 1. The SMILES string of the molecule is COc1ccc(CC(=O)N2CCCC2c2nc(N(C)C)ncc2-c2ccncc2)cc1C. The minimum Gasteiger partial charge on any atom is -0.496 e. The smallest absolute Gasteiger partial charge is 0.227 e. The summed E-state index contributed by atoms with van der Waals surface area (Å²) in [6.45, 7) is 2.73. The standard InChI is InChI=1S/C25H29N5O2/c1-17-14-18(7-8-22(17)32-4)15-23(31)30-13-5-6-21(30)24-20(19-9-11-26-12-10-19)16-27-25(28-24)29(2)3/h7-12,14,16,21H,5-6,13,15H2,1-4H3. The first-order valence-electron chi connectivity index (χ1n) is 10.9. The van der Waals surface area contributed by atoms with E-state index in [1.807, 2.05) is 67.3 Å². The molecule has 0 aliphatic carbocycles. The van der Waals surface area contributed by atoms with Crippen LogP contribution in [0.15, 0.2) is 48.9 Å². The van der Waals surface area contributed by atoms with Crippen molar-refractivity contribution >= 4 is 11.9 Å². The molecule has 0 bridgehead atoms. The van der Waals surface area contributed by atoms with Gasteiger partial charge in [0.1, 0.15) is 5.75 Å². The van der Waals surface area contributed by atoms with Crippen molar-refractivity contribution in [3.63, 3.8) is 0 Å². The van der Waals surface area contributed by atoms with Crippen LogP contribution in [0.25, 0.3) is 11.1 Å². The number of aromatic nitrogens is 3. The second kappa shape index (κ2) is 9.34. The molecule has 3 heterocycles. The van der Waals surface area contributed by atoms with Crippen LogP contribution in [-0.2, 0) is 11.2 Å². The monoisotopic (exact) mass is 431 g/mol. The van der Waals surface area contributed by atoms with Crippen molar-refractivity contribution in [1.29, 1.82) is 0 Å². The van der Waals surface area contributed by atoms with Crippen molar-refractivity contribution in [2.24, 2.45) is 0 Å². The number of ether oxygens (including phenoxy) is 1. The maximum atomic E-state index is 13.4. The van der Waals surface area contributed by atoms with Crippen molar-refractivity contribution in [2.75, 3.05) is 32.6 Å². The van der Waals surface area contributed by atoms with Crippen LogP contribution >= 0.6 is 0 Å². The Kier molecular flexibility index (Phi) is 6.35. The van der Waals surface area contributed by atoms with E-state index >= 15 is 0 Å². The fraction of sp³-hybridized carbons (Fsp3) is 0.360. The summed E-state index contributed by atoms with van der Waals surface area (Å²) in [5.41, 5.74) is 4.87. The van der Waals surface area contributed by atoms with Crippen LogP contribution in [0.5, 0.6) is 5.75 Å². The average Bonchev–Trinajstić information content (AvgIpc) is 3.29. The zero-order chi connectivity index (χ0) is 22.7. The number of likely N-dealkylation sites (tertiary alicyclic amines) is 1. The molecule has 2 aromatic heterocycles. The van der Waals surface area contributed by atoms with Gasteiger partial charge in [0.2, 0.25) is 11.9 Å². The van der Waals surface area contributed by atoms with Gasteiger partial charge in [-0.3, -0.25) is 9.78 Å². The van der Waals surface area contributed by atoms with E-state index in [9.17, 15) is 4.79 Å². The highest BCUT2D eigenvalue weighted by atomic mass is 16.5. The molecule has 0 radical (unpaired) electrons. The molecule has 0 saturated carbocycles. The van der Waals surface area contributed by atoms with E-state index in [1.54, 1.807) is 19.5 Å². The topological polar surface area (TPSA) is 71.5 Å². The summed E-state index contributed by atoms with van der Waals surface area (Å²) in [5, 5.41) is 0. The minimum absolute atomic E-state index is 0.0771. The Labute approximate surface area is 189 Å². The first-order chi connectivity index (χ1) is 15.5. The van der Waals surface area contributed by atoms with E-state index in [0.717, 1.165) is 53.1 Å². The van der Waals surface area contributed by atoms with Crippen LogP contribution in [0.2, 0.25) is 0 Å². The molecule has 1 amide bonds. The zero-order valence-electron chi connectivity index (χ0n) is 19.1. The number of amides is 1. The number of hydrogen-bond donors (Lipinski definition) is 0. The summed E-state index contributed by atoms with van der Waals surface area (Å²) in [4.78, 5) is 30.8. The van der Waals surface area contributed by atoms with E-state index < -0.39 is 0 Å². The second-order valence-electron chi connectivity index (χ2n) is 8.33. The van der Waals surface area contributed by atoms with Gasteiger partial charge in [-0.15, -0.1) is 0 Å². The van der Waals surface area contributed by atoms with Gasteiger partial charge >= 0.3 is 0 Å². The summed E-state index contributed by atoms with van der Waals surface area (Å²) >= 11 is 0. The highest BCUT2D eigenvalue weighted by molar-refractivity contribution is 5.80. The second-order valence-corrected chi connectivity index (χ2v) is 8.33. The van der Waals surface area contributed by atoms with Crippen LogP contribution in [0.3, 0.4) is 0 Å². The van der Waals surface area contributed by atoms with Gasteiger partial charge in [0.05, 0.1) is 25.3 Å². The van der Waals surface area contributed by atoms with Crippen molar-refractivity contribution in [3.05, 3.63) is 65.7 Å². The molecule has 7 heteroatoms. The first-order valence-corrected chi connectivity index (χ1v) is 10.9. The molecule has 1 aromatic carbocycles. The molecule has 1 fully saturated rings. The van der Waals surface area contributed by atoms with Crippen LogP contribution in [0, 0.1) is 6.92 Å². The molecular weight excluding hydrogens is 402 g/mol. The summed E-state index contributed by atoms with van der Waals surface area (Å²) in [5.74, 6) is 1.59. The van der Waals surface area contributed by atoms with E-state index in [-0.39, 0.29) is 11.9 Å². The number of nitrogens with zero attached hydrogens (tertiary/aromatic N) is 5. The van der Waals surface area contributed by atoms with Gasteiger partial charge < -0.3 is 14.5 Å². The molecule has 1 aliphatic heterocycles. The molecule has 1 saturated heterocycles. The van der Waals surface area contributed by atoms with Crippen LogP contribution in [0.4, 0.5) is 5.95 Å². The molecule has 1 atom stereocenters. The van der Waals surface area contributed by atoms with Gasteiger partial charge in [-0.2, -0.15) is 0 Å². The third-order valence-electron chi connectivity index (χ3n) is 5.90. The maximum absolute atomic E-state index is 13.4. The lowest BCUT2D eigenvalue weighted by Gasteiger charge is -2.27. The van der Waals surface area contributed by atoms with Gasteiger partial charge in [0, 0.05) is 44.8 Å². The molecule has 4 rings (SSSR count). The summed E-state index contributed by atoms with van der Waals surface area (Å²) < 4.78 is 5.35. The number of carbonyl (C=O) groups excluding carboxylic acids is 1. The Morgan fingerprint density at radius 1 is 1.22 bits per heavy atom. The van der Waals surface area contributed by atoms with Crippen LogP contribution in [-0.4, -0.2) is 53.5 Å². The van der Waals surface area contributed by atoms with Gasteiger partial charge in [-0.25, -0.2) is 9.97 Å². The number of hydrogen-bond acceptors (Lipinski definition) is 6. The Morgan fingerprint density at radius 2 is 2.00 bits per heavy atom. The summed E-state index contributed by atoms with van der Waals surface area (Å²) in [6, 6.07) is 9.75. The molecule has 7 nitrogen and oxygen atoms in total. The predicted molar refractivity (Wildman–Crippen MR) is 125 cm³/mol.